The van der Waals surface area contributed by atoms with E-state index >= 15 is 0 Å². The quantitative estimate of drug-likeness (QED) is 0.753. The Bertz CT molecular complexity index is 286. The van der Waals surface area contributed by atoms with Gasteiger partial charge in [0.2, 0.25) is 0 Å². The second kappa shape index (κ2) is 6.27. The molecule has 0 spiro atoms. The maximum Gasteiger partial charge on any atom is 0.128 e. The molecular formula is C12H21N3. The summed E-state index contributed by atoms with van der Waals surface area (Å²) >= 11 is 0. The summed E-state index contributed by atoms with van der Waals surface area (Å²) < 4.78 is 0. The second-order valence-corrected chi connectivity index (χ2v) is 3.83. The van der Waals surface area contributed by atoms with Gasteiger partial charge in [0.15, 0.2) is 0 Å². The van der Waals surface area contributed by atoms with E-state index in [1.165, 1.54) is 6.42 Å². The van der Waals surface area contributed by atoms with E-state index in [2.05, 4.69) is 36.4 Å². The molecule has 1 rings (SSSR count). The normalized spacial score (nSPS) is 12.2. The van der Waals surface area contributed by atoms with Gasteiger partial charge in [-0.25, -0.2) is 4.98 Å². The number of hydrogen-bond acceptors (Lipinski definition) is 3. The highest BCUT2D eigenvalue weighted by molar-refractivity contribution is 5.44. The van der Waals surface area contributed by atoms with Crippen molar-refractivity contribution >= 4 is 11.6 Å². The Morgan fingerprint density at radius 2 is 1.87 bits per heavy atom. The molecule has 0 aliphatic heterocycles. The van der Waals surface area contributed by atoms with Gasteiger partial charge in [-0.05, 0) is 25.0 Å². The van der Waals surface area contributed by atoms with Gasteiger partial charge in [0.05, 0.1) is 0 Å². The van der Waals surface area contributed by atoms with E-state index in [0.29, 0.717) is 5.92 Å². The van der Waals surface area contributed by atoms with Crippen molar-refractivity contribution in [3.63, 3.8) is 0 Å². The van der Waals surface area contributed by atoms with E-state index < -0.39 is 0 Å². The largest absolute Gasteiger partial charge is 0.370 e. The summed E-state index contributed by atoms with van der Waals surface area (Å²) in [5, 5.41) is 6.54. The molecule has 15 heavy (non-hydrogen) atoms. The second-order valence-electron chi connectivity index (χ2n) is 3.83. The number of hydrogen-bond donors (Lipinski definition) is 2. The average Bonchev–Trinajstić information content (AvgIpc) is 2.27. The van der Waals surface area contributed by atoms with E-state index in [1.807, 2.05) is 18.2 Å². The molecule has 1 aromatic rings. The Kier molecular flexibility index (Phi) is 4.95. The van der Waals surface area contributed by atoms with Crippen LogP contribution < -0.4 is 10.6 Å². The van der Waals surface area contributed by atoms with Crippen molar-refractivity contribution in [2.75, 3.05) is 23.7 Å². The van der Waals surface area contributed by atoms with E-state index in [9.17, 15) is 0 Å². The third-order valence-electron chi connectivity index (χ3n) is 2.44. The summed E-state index contributed by atoms with van der Waals surface area (Å²) in [7, 11) is 0. The van der Waals surface area contributed by atoms with Crippen LogP contribution in [0.5, 0.6) is 0 Å². The molecule has 1 atom stereocenters. The molecular weight excluding hydrogens is 186 g/mol. The SMILES string of the molecule is CCNc1cccc(NCC(C)CC)n1. The Balaban J connectivity index is 2.50. The molecule has 84 valence electrons. The summed E-state index contributed by atoms with van der Waals surface area (Å²) in [6.45, 7) is 8.40. The number of rotatable bonds is 6. The Labute approximate surface area is 92.3 Å². The van der Waals surface area contributed by atoms with Crippen molar-refractivity contribution in [3.8, 4) is 0 Å². The van der Waals surface area contributed by atoms with Crippen LogP contribution in [0.4, 0.5) is 11.6 Å². The van der Waals surface area contributed by atoms with E-state index in [-0.39, 0.29) is 0 Å². The van der Waals surface area contributed by atoms with Crippen molar-refractivity contribution in [1.82, 2.24) is 4.98 Å². The third kappa shape index (κ3) is 4.19. The summed E-state index contributed by atoms with van der Waals surface area (Å²) in [5.74, 6) is 2.58. The molecule has 3 nitrogen and oxygen atoms in total. The zero-order valence-electron chi connectivity index (χ0n) is 9.88. The minimum absolute atomic E-state index is 0.689. The Hall–Kier alpha value is -1.25. The molecule has 2 N–H and O–H groups in total. The molecule has 1 heterocycles. The summed E-state index contributed by atoms with van der Waals surface area (Å²) in [5.41, 5.74) is 0. The van der Waals surface area contributed by atoms with Crippen LogP contribution in [0.3, 0.4) is 0 Å². The first kappa shape index (κ1) is 11.8. The van der Waals surface area contributed by atoms with Crippen molar-refractivity contribution < 1.29 is 0 Å². The Morgan fingerprint density at radius 1 is 1.20 bits per heavy atom. The lowest BCUT2D eigenvalue weighted by atomic mass is 10.1. The fraction of sp³-hybridized carbons (Fsp3) is 0.583. The fourth-order valence-corrected chi connectivity index (χ4v) is 1.24. The maximum absolute atomic E-state index is 4.45. The highest BCUT2D eigenvalue weighted by atomic mass is 15.1. The van der Waals surface area contributed by atoms with E-state index in [1.54, 1.807) is 0 Å². The first-order valence-electron chi connectivity index (χ1n) is 5.71. The lowest BCUT2D eigenvalue weighted by molar-refractivity contribution is 0.592. The number of anilines is 2. The van der Waals surface area contributed by atoms with Gasteiger partial charge in [-0.2, -0.15) is 0 Å². The number of aromatic nitrogens is 1. The van der Waals surface area contributed by atoms with E-state index in [4.69, 9.17) is 0 Å². The third-order valence-corrected chi connectivity index (χ3v) is 2.44. The molecule has 0 aromatic carbocycles. The predicted octanol–water partition coefficient (Wildman–Crippen LogP) is 2.97. The molecule has 0 saturated heterocycles. The number of nitrogens with zero attached hydrogens (tertiary/aromatic N) is 1. The molecule has 1 aromatic heterocycles. The van der Waals surface area contributed by atoms with Crippen molar-refractivity contribution in [3.05, 3.63) is 18.2 Å². The van der Waals surface area contributed by atoms with Crippen LogP contribution in [0.25, 0.3) is 0 Å². The van der Waals surface area contributed by atoms with Crippen LogP contribution in [-0.2, 0) is 0 Å². The predicted molar refractivity (Wildman–Crippen MR) is 66.3 cm³/mol. The minimum atomic E-state index is 0.689. The van der Waals surface area contributed by atoms with Crippen LogP contribution >= 0.6 is 0 Å². The summed E-state index contributed by atoms with van der Waals surface area (Å²) in [6.07, 6.45) is 1.19. The first-order valence-corrected chi connectivity index (χ1v) is 5.71. The van der Waals surface area contributed by atoms with Crippen LogP contribution in [-0.4, -0.2) is 18.1 Å². The molecule has 0 saturated carbocycles. The van der Waals surface area contributed by atoms with Gasteiger partial charge >= 0.3 is 0 Å². The monoisotopic (exact) mass is 207 g/mol. The van der Waals surface area contributed by atoms with Gasteiger partial charge in [0, 0.05) is 13.1 Å². The van der Waals surface area contributed by atoms with Crippen LogP contribution in [0.1, 0.15) is 27.2 Å². The van der Waals surface area contributed by atoms with Gasteiger partial charge in [0.25, 0.3) is 0 Å². The molecule has 0 amide bonds. The molecule has 0 aliphatic rings. The highest BCUT2D eigenvalue weighted by Gasteiger charge is 1.99. The van der Waals surface area contributed by atoms with Gasteiger partial charge < -0.3 is 10.6 Å². The van der Waals surface area contributed by atoms with Crippen LogP contribution in [0.15, 0.2) is 18.2 Å². The van der Waals surface area contributed by atoms with Crippen molar-refractivity contribution in [1.29, 1.82) is 0 Å². The van der Waals surface area contributed by atoms with Crippen LogP contribution in [0.2, 0.25) is 0 Å². The zero-order chi connectivity index (χ0) is 11.1. The molecule has 0 bridgehead atoms. The molecule has 1 unspecified atom stereocenters. The van der Waals surface area contributed by atoms with Crippen molar-refractivity contribution in [2.24, 2.45) is 5.92 Å². The molecule has 0 radical (unpaired) electrons. The lowest BCUT2D eigenvalue weighted by Crippen LogP contribution is -2.11. The maximum atomic E-state index is 4.45. The number of nitrogens with one attached hydrogen (secondary N) is 2. The minimum Gasteiger partial charge on any atom is -0.370 e. The van der Waals surface area contributed by atoms with Gasteiger partial charge in [-0.15, -0.1) is 0 Å². The topological polar surface area (TPSA) is 37.0 Å². The standard InChI is InChI=1S/C12H21N3/c1-4-10(3)9-14-12-8-6-7-11(15-12)13-5-2/h6-8,10H,4-5,9H2,1-3H3,(H2,13,14,15). The smallest absolute Gasteiger partial charge is 0.128 e. The Morgan fingerprint density at radius 3 is 2.47 bits per heavy atom. The average molecular weight is 207 g/mol. The lowest BCUT2D eigenvalue weighted by Gasteiger charge is -2.11. The van der Waals surface area contributed by atoms with Crippen molar-refractivity contribution in [2.45, 2.75) is 27.2 Å². The summed E-state index contributed by atoms with van der Waals surface area (Å²) in [4.78, 5) is 4.45. The first-order chi connectivity index (χ1) is 7.26. The molecule has 3 heteroatoms. The molecule has 0 fully saturated rings. The summed E-state index contributed by atoms with van der Waals surface area (Å²) in [6, 6.07) is 6.01. The zero-order valence-corrected chi connectivity index (χ0v) is 9.88. The highest BCUT2D eigenvalue weighted by Crippen LogP contribution is 2.10. The van der Waals surface area contributed by atoms with Crippen LogP contribution in [0, 0.1) is 5.92 Å². The van der Waals surface area contributed by atoms with E-state index in [0.717, 1.165) is 24.7 Å². The fourth-order valence-electron chi connectivity index (χ4n) is 1.24. The molecule has 0 aliphatic carbocycles. The van der Waals surface area contributed by atoms with Gasteiger partial charge in [0.1, 0.15) is 11.6 Å². The number of pyridine rings is 1. The van der Waals surface area contributed by atoms with Gasteiger partial charge in [-0.3, -0.25) is 0 Å². The van der Waals surface area contributed by atoms with Gasteiger partial charge in [-0.1, -0.05) is 26.3 Å².